The monoisotopic (exact) mass is 345 g/mol. The highest BCUT2D eigenvalue weighted by Gasteiger charge is 2.12. The molecule has 0 radical (unpaired) electrons. The Balaban J connectivity index is 0. The van der Waals surface area contributed by atoms with Crippen molar-refractivity contribution in [2.24, 2.45) is 5.92 Å². The molecule has 1 unspecified atom stereocenters. The number of aliphatic carboxylic acids is 1. The Morgan fingerprint density at radius 2 is 1.57 bits per heavy atom. The van der Waals surface area contributed by atoms with Crippen molar-refractivity contribution in [1.82, 2.24) is 0 Å². The van der Waals surface area contributed by atoms with Crippen LogP contribution in [0.2, 0.25) is 0 Å². The van der Waals surface area contributed by atoms with Crippen LogP contribution in [0.5, 0.6) is 0 Å². The number of halogens is 1. The molecule has 0 aliphatic rings. The van der Waals surface area contributed by atoms with Crippen LogP contribution in [-0.4, -0.2) is 55.0 Å². The minimum Gasteiger partial charge on any atom is -1.00 e. The van der Waals surface area contributed by atoms with Crippen molar-refractivity contribution in [3.05, 3.63) is 35.4 Å². The van der Waals surface area contributed by atoms with Crippen molar-refractivity contribution < 1.29 is 31.9 Å². The fourth-order valence-corrected chi connectivity index (χ4v) is 1.86. The standard InChI is InChI=1S/C13H18O2.C5H14NO.ClH/c1-9(2)8-11-4-6-12(7-5-11)10(3)13(14)15;1-6(2,3)4-5-7;/h4-7,9-10H,8H2,1-3H3,(H,14,15);7H,4-5H2,1-3H3;1H/q;+1;/p-1. The highest BCUT2D eigenvalue weighted by Crippen LogP contribution is 2.17. The van der Waals surface area contributed by atoms with Crippen molar-refractivity contribution >= 4 is 5.97 Å². The van der Waals surface area contributed by atoms with E-state index in [2.05, 4.69) is 35.0 Å². The number of hydrogen-bond donors (Lipinski definition) is 2. The molecule has 0 aromatic heterocycles. The summed E-state index contributed by atoms with van der Waals surface area (Å²) in [5.74, 6) is -0.558. The lowest BCUT2D eigenvalue weighted by Gasteiger charge is -2.21. The molecule has 1 aromatic carbocycles. The molecule has 0 amide bonds. The summed E-state index contributed by atoms with van der Waals surface area (Å²) in [6, 6.07) is 7.87. The van der Waals surface area contributed by atoms with Crippen LogP contribution in [0, 0.1) is 5.92 Å². The number of likely N-dealkylation sites (N-methyl/N-ethyl adjacent to an activating group) is 1. The molecule has 0 heterocycles. The lowest BCUT2D eigenvalue weighted by Crippen LogP contribution is -3.00. The summed E-state index contributed by atoms with van der Waals surface area (Å²) in [5.41, 5.74) is 2.14. The molecule has 4 nitrogen and oxygen atoms in total. The molecular weight excluding hydrogens is 314 g/mol. The molecular formula is C18H32ClNO3. The first kappa shape index (κ1) is 24.2. The number of carbonyl (C=O) groups is 1. The van der Waals surface area contributed by atoms with E-state index in [1.54, 1.807) is 6.92 Å². The van der Waals surface area contributed by atoms with Gasteiger partial charge >= 0.3 is 5.97 Å². The molecule has 1 aromatic rings. The zero-order valence-corrected chi connectivity index (χ0v) is 16.0. The number of carboxylic acids is 1. The predicted molar refractivity (Wildman–Crippen MR) is 91.0 cm³/mol. The largest absolute Gasteiger partial charge is 1.00 e. The zero-order chi connectivity index (χ0) is 17.3. The summed E-state index contributed by atoms with van der Waals surface area (Å²) in [6.45, 7) is 7.17. The third-order valence-corrected chi connectivity index (χ3v) is 3.26. The Hall–Kier alpha value is -1.10. The van der Waals surface area contributed by atoms with E-state index in [0.717, 1.165) is 23.0 Å². The first-order valence-corrected chi connectivity index (χ1v) is 7.79. The van der Waals surface area contributed by atoms with E-state index in [1.165, 1.54) is 5.56 Å². The van der Waals surface area contributed by atoms with Gasteiger partial charge in [-0.1, -0.05) is 38.1 Å². The number of aliphatic hydroxyl groups is 1. The van der Waals surface area contributed by atoms with Crippen LogP contribution in [0.1, 0.15) is 37.8 Å². The van der Waals surface area contributed by atoms with Gasteiger partial charge in [0.1, 0.15) is 6.54 Å². The first-order valence-electron chi connectivity index (χ1n) is 7.79. The Morgan fingerprint density at radius 1 is 1.09 bits per heavy atom. The summed E-state index contributed by atoms with van der Waals surface area (Å²) < 4.78 is 0.844. The third-order valence-electron chi connectivity index (χ3n) is 3.26. The van der Waals surface area contributed by atoms with Crippen molar-refractivity contribution in [2.75, 3.05) is 34.3 Å². The van der Waals surface area contributed by atoms with Gasteiger partial charge in [0.2, 0.25) is 0 Å². The lowest BCUT2D eigenvalue weighted by atomic mass is 9.97. The topological polar surface area (TPSA) is 57.5 Å². The smallest absolute Gasteiger partial charge is 0.310 e. The molecule has 2 N–H and O–H groups in total. The Bertz CT molecular complexity index is 439. The van der Waals surface area contributed by atoms with Gasteiger partial charge in [0.15, 0.2) is 0 Å². The third kappa shape index (κ3) is 12.0. The molecule has 0 saturated heterocycles. The van der Waals surface area contributed by atoms with Crippen molar-refractivity contribution in [2.45, 2.75) is 33.1 Å². The van der Waals surface area contributed by atoms with Gasteiger partial charge in [-0.2, -0.15) is 0 Å². The number of nitrogens with zero attached hydrogens (tertiary/aromatic N) is 1. The van der Waals surface area contributed by atoms with Crippen LogP contribution in [0.25, 0.3) is 0 Å². The molecule has 0 saturated carbocycles. The minimum atomic E-state index is -0.772. The van der Waals surface area contributed by atoms with Crippen LogP contribution in [-0.2, 0) is 11.2 Å². The molecule has 0 spiro atoms. The number of rotatable bonds is 6. The van der Waals surface area contributed by atoms with Crippen molar-refractivity contribution in [3.8, 4) is 0 Å². The predicted octanol–water partition coefficient (Wildman–Crippen LogP) is -0.238. The summed E-state index contributed by atoms with van der Waals surface area (Å²) in [6.07, 6.45) is 1.04. The van der Waals surface area contributed by atoms with Crippen LogP contribution in [0.15, 0.2) is 24.3 Å². The normalized spacial score (nSPS) is 12.0. The van der Waals surface area contributed by atoms with Crippen molar-refractivity contribution in [3.63, 3.8) is 0 Å². The van der Waals surface area contributed by atoms with E-state index in [0.29, 0.717) is 5.92 Å². The number of benzene rings is 1. The molecule has 0 aliphatic heterocycles. The van der Waals surface area contributed by atoms with Gasteiger partial charge in [0.05, 0.1) is 33.7 Å². The van der Waals surface area contributed by atoms with E-state index in [4.69, 9.17) is 10.2 Å². The molecule has 23 heavy (non-hydrogen) atoms. The van der Waals surface area contributed by atoms with Crippen LogP contribution < -0.4 is 12.4 Å². The molecule has 0 fully saturated rings. The van der Waals surface area contributed by atoms with Crippen LogP contribution >= 0.6 is 0 Å². The van der Waals surface area contributed by atoms with E-state index >= 15 is 0 Å². The summed E-state index contributed by atoms with van der Waals surface area (Å²) in [4.78, 5) is 10.8. The lowest BCUT2D eigenvalue weighted by molar-refractivity contribution is -0.870. The number of quaternary nitrogens is 1. The van der Waals surface area contributed by atoms with E-state index in [1.807, 2.05) is 24.3 Å². The highest BCUT2D eigenvalue weighted by atomic mass is 35.5. The van der Waals surface area contributed by atoms with E-state index < -0.39 is 11.9 Å². The second-order valence-corrected chi connectivity index (χ2v) is 7.14. The van der Waals surface area contributed by atoms with Gasteiger partial charge in [-0.15, -0.1) is 0 Å². The van der Waals surface area contributed by atoms with Gasteiger partial charge in [0, 0.05) is 0 Å². The Kier molecular flexibility index (Phi) is 12.0. The second kappa shape index (κ2) is 11.4. The van der Waals surface area contributed by atoms with Gasteiger partial charge in [0.25, 0.3) is 0 Å². The average molecular weight is 346 g/mol. The molecule has 5 heteroatoms. The summed E-state index contributed by atoms with van der Waals surface area (Å²) in [5, 5.41) is 17.2. The van der Waals surface area contributed by atoms with Gasteiger partial charge in [-0.3, -0.25) is 4.79 Å². The molecule has 0 aliphatic carbocycles. The van der Waals surface area contributed by atoms with Gasteiger partial charge in [-0.05, 0) is 30.4 Å². The molecule has 134 valence electrons. The minimum absolute atomic E-state index is 0. The fraction of sp³-hybridized carbons (Fsp3) is 0.611. The second-order valence-electron chi connectivity index (χ2n) is 7.14. The summed E-state index contributed by atoms with van der Waals surface area (Å²) >= 11 is 0. The Morgan fingerprint density at radius 3 is 1.83 bits per heavy atom. The number of aliphatic hydroxyl groups excluding tert-OH is 1. The molecule has 1 atom stereocenters. The van der Waals surface area contributed by atoms with Crippen molar-refractivity contribution in [1.29, 1.82) is 0 Å². The quantitative estimate of drug-likeness (QED) is 0.700. The molecule has 1 rings (SSSR count). The van der Waals surface area contributed by atoms with Crippen LogP contribution in [0.3, 0.4) is 0 Å². The highest BCUT2D eigenvalue weighted by molar-refractivity contribution is 5.75. The van der Waals surface area contributed by atoms with Gasteiger partial charge < -0.3 is 27.1 Å². The average Bonchev–Trinajstić information content (AvgIpc) is 2.37. The number of carboxylic acid groups (broad SMARTS) is 1. The van der Waals surface area contributed by atoms with Crippen LogP contribution in [0.4, 0.5) is 0 Å². The van der Waals surface area contributed by atoms with E-state index in [9.17, 15) is 4.79 Å². The maximum atomic E-state index is 10.8. The maximum absolute atomic E-state index is 10.8. The first-order chi connectivity index (χ1) is 10.1. The fourth-order valence-electron chi connectivity index (χ4n) is 1.86. The Labute approximate surface area is 147 Å². The SMILES string of the molecule is CC(C)Cc1ccc(C(C)C(=O)O)cc1.C[N+](C)(C)CCO.[Cl-]. The number of hydrogen-bond acceptors (Lipinski definition) is 2. The molecule has 0 bridgehead atoms. The summed E-state index contributed by atoms with van der Waals surface area (Å²) in [7, 11) is 6.16. The zero-order valence-electron chi connectivity index (χ0n) is 15.2. The maximum Gasteiger partial charge on any atom is 0.310 e. The van der Waals surface area contributed by atoms with E-state index in [-0.39, 0.29) is 19.0 Å². The van der Waals surface area contributed by atoms with Gasteiger partial charge in [-0.25, -0.2) is 0 Å².